The number of hydrogen-bond acceptors (Lipinski definition) is 5. The van der Waals surface area contributed by atoms with Crippen LogP contribution in [-0.2, 0) is 19.1 Å². The summed E-state index contributed by atoms with van der Waals surface area (Å²) in [5.41, 5.74) is 5.25. The van der Waals surface area contributed by atoms with Crippen molar-refractivity contribution >= 4 is 121 Å². The third-order valence-electron chi connectivity index (χ3n) is 2.40. The number of carboxylic acids is 1. The fourth-order valence-electron chi connectivity index (χ4n) is 1.38. The van der Waals surface area contributed by atoms with Gasteiger partial charge in [0.2, 0.25) is 0 Å². The van der Waals surface area contributed by atoms with Crippen molar-refractivity contribution in [1.82, 2.24) is 0 Å². The summed E-state index contributed by atoms with van der Waals surface area (Å²) in [5, 5.41) is 8.42. The summed E-state index contributed by atoms with van der Waals surface area (Å²) in [5.74, 6) is -2.82. The molecule has 0 radical (unpaired) electrons. The van der Waals surface area contributed by atoms with Gasteiger partial charge in [-0.2, -0.15) is 0 Å². The summed E-state index contributed by atoms with van der Waals surface area (Å²) in [6, 6.07) is -1.29. The average Bonchev–Trinajstić information content (AvgIpc) is 2.27. The van der Waals surface area contributed by atoms with Crippen molar-refractivity contribution in [2.75, 3.05) is 0 Å². The predicted molar refractivity (Wildman–Crippen MR) is 79.0 cm³/mol. The molecule has 3 N–H and O–H groups in total. The zero-order valence-corrected chi connectivity index (χ0v) is 10.7. The molecule has 0 saturated carbocycles. The molecule has 108 valence electrons. The van der Waals surface area contributed by atoms with E-state index in [-0.39, 0.29) is 109 Å². The fraction of sp³-hybridized carbons (Fsp3) is 0.750. The fourth-order valence-corrected chi connectivity index (χ4v) is 1.38. The first kappa shape index (κ1) is 26.7. The molecule has 0 heterocycles. The van der Waals surface area contributed by atoms with Crippen LogP contribution in [0.5, 0.6) is 0 Å². The van der Waals surface area contributed by atoms with Gasteiger partial charge in [-0.25, -0.2) is 4.79 Å². The van der Waals surface area contributed by atoms with Gasteiger partial charge in [-0.1, -0.05) is 32.6 Å². The van der Waals surface area contributed by atoms with Gasteiger partial charge in [0.1, 0.15) is 6.04 Å². The second-order valence-corrected chi connectivity index (χ2v) is 4.16. The molecule has 1 atom stereocenters. The molecular weight excluding hydrogens is 316 g/mol. The topological polar surface area (TPSA) is 107 Å². The minimum atomic E-state index is -1.29. The van der Waals surface area contributed by atoms with Crippen molar-refractivity contribution in [3.63, 3.8) is 0 Å². The Kier molecular flexibility index (Phi) is 23.0. The monoisotopic (exact) mass is 339 g/mol. The number of carbonyl (C=O) groups excluding carboxylic acids is 2. The SMILES string of the molecule is CCCCCCCC(=O)OC(=O)C(N)CC(=O)O.[KH].[KH]. The molecular formula is C12H23K2NO5. The molecule has 0 aliphatic rings. The van der Waals surface area contributed by atoms with Crippen LogP contribution in [0, 0.1) is 0 Å². The summed E-state index contributed by atoms with van der Waals surface area (Å²) in [6.45, 7) is 2.09. The van der Waals surface area contributed by atoms with Crippen LogP contribution in [0.15, 0.2) is 0 Å². The van der Waals surface area contributed by atoms with Crippen molar-refractivity contribution < 1.29 is 24.2 Å². The third kappa shape index (κ3) is 16.2. The van der Waals surface area contributed by atoms with Gasteiger partial charge in [0.25, 0.3) is 0 Å². The number of nitrogens with two attached hydrogens (primary N) is 1. The molecule has 1 unspecified atom stereocenters. The van der Waals surface area contributed by atoms with Gasteiger partial charge in [0.05, 0.1) is 6.42 Å². The molecule has 0 aliphatic carbocycles. The number of ether oxygens (including phenoxy) is 1. The first-order valence-corrected chi connectivity index (χ1v) is 6.19. The minimum absolute atomic E-state index is 0. The van der Waals surface area contributed by atoms with Gasteiger partial charge in [-0.3, -0.25) is 9.59 Å². The van der Waals surface area contributed by atoms with Crippen molar-refractivity contribution in [2.45, 2.75) is 57.9 Å². The molecule has 20 heavy (non-hydrogen) atoms. The van der Waals surface area contributed by atoms with Crippen LogP contribution < -0.4 is 5.73 Å². The van der Waals surface area contributed by atoms with E-state index < -0.39 is 30.4 Å². The first-order chi connectivity index (χ1) is 8.47. The van der Waals surface area contributed by atoms with Crippen molar-refractivity contribution in [3.05, 3.63) is 0 Å². The zero-order valence-electron chi connectivity index (χ0n) is 10.7. The molecule has 0 aromatic carbocycles. The molecule has 6 nitrogen and oxygen atoms in total. The Balaban J connectivity index is -0.00000144. The molecule has 0 spiro atoms. The van der Waals surface area contributed by atoms with Gasteiger partial charge >= 0.3 is 121 Å². The Hall–Kier alpha value is 1.84. The van der Waals surface area contributed by atoms with Crippen molar-refractivity contribution in [3.8, 4) is 0 Å². The molecule has 0 aromatic heterocycles. The molecule has 0 fully saturated rings. The van der Waals surface area contributed by atoms with E-state index in [2.05, 4.69) is 11.7 Å². The van der Waals surface area contributed by atoms with Crippen LogP contribution in [0.4, 0.5) is 0 Å². The van der Waals surface area contributed by atoms with E-state index >= 15 is 0 Å². The number of carbonyl (C=O) groups is 3. The van der Waals surface area contributed by atoms with E-state index in [0.29, 0.717) is 6.42 Å². The Labute approximate surface area is 204 Å². The van der Waals surface area contributed by atoms with Crippen LogP contribution in [0.25, 0.3) is 0 Å². The van der Waals surface area contributed by atoms with E-state index in [1.54, 1.807) is 0 Å². The average molecular weight is 340 g/mol. The predicted octanol–water partition coefficient (Wildman–Crippen LogP) is -0.0783. The Morgan fingerprint density at radius 3 is 2.15 bits per heavy atom. The zero-order chi connectivity index (χ0) is 14.0. The standard InChI is InChI=1S/C12H21NO5.2K.2H/c1-2-3-4-5-6-7-11(16)18-12(17)9(13)8-10(14)15;;;;/h9H,2-8,13H2,1H3,(H,14,15);;;;. The molecule has 0 aliphatic heterocycles. The summed E-state index contributed by atoms with van der Waals surface area (Å²) < 4.78 is 4.45. The number of aliphatic carboxylic acids is 1. The molecule has 0 rings (SSSR count). The van der Waals surface area contributed by atoms with Crippen LogP contribution in [0.1, 0.15) is 51.9 Å². The number of esters is 2. The van der Waals surface area contributed by atoms with Gasteiger partial charge in [-0.15, -0.1) is 0 Å². The number of carboxylic acid groups (broad SMARTS) is 1. The number of hydrogen-bond donors (Lipinski definition) is 2. The summed E-state index contributed by atoms with van der Waals surface area (Å²) in [6.07, 6.45) is 4.50. The van der Waals surface area contributed by atoms with Crippen LogP contribution >= 0.6 is 0 Å². The molecule has 0 aromatic rings. The summed E-state index contributed by atoms with van der Waals surface area (Å²) in [7, 11) is 0. The van der Waals surface area contributed by atoms with E-state index in [1.165, 1.54) is 0 Å². The van der Waals surface area contributed by atoms with E-state index in [4.69, 9.17) is 10.8 Å². The van der Waals surface area contributed by atoms with E-state index in [0.717, 1.165) is 25.7 Å². The Morgan fingerprint density at radius 2 is 1.65 bits per heavy atom. The second kappa shape index (κ2) is 17.2. The third-order valence-corrected chi connectivity index (χ3v) is 2.40. The van der Waals surface area contributed by atoms with Crippen LogP contribution in [0.2, 0.25) is 0 Å². The van der Waals surface area contributed by atoms with Crippen molar-refractivity contribution in [1.29, 1.82) is 0 Å². The molecule has 0 saturated heterocycles. The van der Waals surface area contributed by atoms with Crippen molar-refractivity contribution in [2.24, 2.45) is 5.73 Å². The summed E-state index contributed by atoms with van der Waals surface area (Å²) in [4.78, 5) is 32.7. The Morgan fingerprint density at radius 1 is 1.10 bits per heavy atom. The maximum absolute atomic E-state index is 11.2. The normalized spacial score (nSPS) is 10.7. The number of rotatable bonds is 9. The first-order valence-electron chi connectivity index (χ1n) is 6.19. The van der Waals surface area contributed by atoms with Gasteiger partial charge in [0.15, 0.2) is 0 Å². The quantitative estimate of drug-likeness (QED) is 0.263. The van der Waals surface area contributed by atoms with Gasteiger partial charge in [0, 0.05) is 6.42 Å². The van der Waals surface area contributed by atoms with Crippen LogP contribution in [0.3, 0.4) is 0 Å². The number of unbranched alkanes of at least 4 members (excludes halogenated alkanes) is 4. The molecule has 0 amide bonds. The second-order valence-electron chi connectivity index (χ2n) is 4.16. The summed E-state index contributed by atoms with van der Waals surface area (Å²) >= 11 is 0. The van der Waals surface area contributed by atoms with E-state index in [9.17, 15) is 14.4 Å². The van der Waals surface area contributed by atoms with Gasteiger partial charge in [-0.05, 0) is 6.42 Å². The van der Waals surface area contributed by atoms with Crippen LogP contribution in [-0.4, -0.2) is 132 Å². The molecule has 0 bridgehead atoms. The van der Waals surface area contributed by atoms with Gasteiger partial charge < -0.3 is 15.6 Å². The molecule has 8 heteroatoms. The Bertz CT molecular complexity index is 300. The van der Waals surface area contributed by atoms with E-state index in [1.807, 2.05) is 0 Å². The maximum atomic E-state index is 11.2.